The molecule has 7 nitrogen and oxygen atoms in total. The molecule has 0 aliphatic rings. The fraction of sp³-hybridized carbons (Fsp3) is 0.636. The first-order valence-electron chi connectivity index (χ1n) is 5.77. The van der Waals surface area contributed by atoms with Crippen molar-refractivity contribution in [3.8, 4) is 0 Å². The molecule has 0 N–H and O–H groups in total. The highest BCUT2D eigenvalue weighted by Gasteiger charge is 2.10. The number of nitrogens with zero attached hydrogens (tertiary/aromatic N) is 5. The number of ether oxygens (including phenoxy) is 1. The van der Waals surface area contributed by atoms with Crippen LogP contribution in [0.1, 0.15) is 6.92 Å². The van der Waals surface area contributed by atoms with Crippen LogP contribution in [-0.4, -0.2) is 61.5 Å². The van der Waals surface area contributed by atoms with E-state index < -0.39 is 0 Å². The molecule has 0 radical (unpaired) electrons. The zero-order valence-corrected chi connectivity index (χ0v) is 12.7. The Morgan fingerprint density at radius 3 is 2.05 bits per heavy atom. The van der Waals surface area contributed by atoms with Gasteiger partial charge in [-0.05, 0) is 0 Å². The van der Waals surface area contributed by atoms with Crippen LogP contribution in [0.4, 0.5) is 11.9 Å². The minimum Gasteiger partial charge on any atom is -0.465 e. The molecule has 19 heavy (non-hydrogen) atoms. The van der Waals surface area contributed by atoms with Crippen LogP contribution in [0.5, 0.6) is 0 Å². The van der Waals surface area contributed by atoms with E-state index in [2.05, 4.69) is 15.0 Å². The van der Waals surface area contributed by atoms with Crippen LogP contribution in [0.25, 0.3) is 0 Å². The molecule has 1 aromatic rings. The van der Waals surface area contributed by atoms with Gasteiger partial charge in [-0.2, -0.15) is 15.0 Å². The lowest BCUT2D eigenvalue weighted by Crippen LogP contribution is -2.19. The van der Waals surface area contributed by atoms with Gasteiger partial charge in [0.1, 0.15) is 6.61 Å². The number of anilines is 2. The van der Waals surface area contributed by atoms with Crippen molar-refractivity contribution in [3.63, 3.8) is 0 Å². The van der Waals surface area contributed by atoms with Crippen LogP contribution in [0.2, 0.25) is 0 Å². The molecule has 1 aromatic heterocycles. The Bertz CT molecular complexity index is 413. The van der Waals surface area contributed by atoms with E-state index in [1.165, 1.54) is 18.7 Å². The Labute approximate surface area is 117 Å². The average Bonchev–Trinajstić information content (AvgIpc) is 2.34. The van der Waals surface area contributed by atoms with E-state index in [1.54, 1.807) is 0 Å². The maximum atomic E-state index is 10.7. The molecule has 0 fully saturated rings. The van der Waals surface area contributed by atoms with Crippen molar-refractivity contribution in [1.82, 2.24) is 15.0 Å². The molecule has 0 saturated carbocycles. The van der Waals surface area contributed by atoms with Gasteiger partial charge in [-0.15, -0.1) is 0 Å². The molecule has 0 amide bonds. The third-order valence-electron chi connectivity index (χ3n) is 2.01. The van der Waals surface area contributed by atoms with Gasteiger partial charge < -0.3 is 14.5 Å². The van der Waals surface area contributed by atoms with E-state index in [4.69, 9.17) is 4.74 Å². The van der Waals surface area contributed by atoms with Crippen LogP contribution >= 0.6 is 11.8 Å². The van der Waals surface area contributed by atoms with Gasteiger partial charge in [-0.1, -0.05) is 11.8 Å². The van der Waals surface area contributed by atoms with Gasteiger partial charge in [-0.3, -0.25) is 4.79 Å². The van der Waals surface area contributed by atoms with E-state index in [0.717, 1.165) is 0 Å². The molecular weight excluding hydrogens is 266 g/mol. The van der Waals surface area contributed by atoms with Crippen LogP contribution in [0.3, 0.4) is 0 Å². The molecule has 0 saturated heterocycles. The van der Waals surface area contributed by atoms with Crippen LogP contribution < -0.4 is 9.80 Å². The van der Waals surface area contributed by atoms with Gasteiger partial charge in [0.15, 0.2) is 5.16 Å². The fourth-order valence-electron chi connectivity index (χ4n) is 1.12. The molecule has 0 bridgehead atoms. The second-order valence-electron chi connectivity index (χ2n) is 4.20. The Kier molecular flexibility index (Phi) is 5.81. The summed E-state index contributed by atoms with van der Waals surface area (Å²) in [7, 11) is 7.51. The molecule has 106 valence electrons. The Morgan fingerprint density at radius 2 is 1.63 bits per heavy atom. The molecule has 0 aromatic carbocycles. The number of hydrogen-bond donors (Lipinski definition) is 0. The maximum absolute atomic E-state index is 10.7. The van der Waals surface area contributed by atoms with Crippen LogP contribution in [0.15, 0.2) is 5.16 Å². The summed E-state index contributed by atoms with van der Waals surface area (Å²) in [5.41, 5.74) is 0. The first kappa shape index (κ1) is 15.5. The van der Waals surface area contributed by atoms with E-state index in [-0.39, 0.29) is 5.97 Å². The molecule has 0 aliphatic heterocycles. The first-order valence-corrected chi connectivity index (χ1v) is 6.75. The van der Waals surface area contributed by atoms with Gasteiger partial charge in [0.05, 0.1) is 0 Å². The quantitative estimate of drug-likeness (QED) is 0.429. The van der Waals surface area contributed by atoms with Crippen molar-refractivity contribution in [2.24, 2.45) is 0 Å². The van der Waals surface area contributed by atoms with Gasteiger partial charge in [0.25, 0.3) is 0 Å². The summed E-state index contributed by atoms with van der Waals surface area (Å²) in [4.78, 5) is 27.3. The highest BCUT2D eigenvalue weighted by molar-refractivity contribution is 7.99. The summed E-state index contributed by atoms with van der Waals surface area (Å²) in [6.07, 6.45) is 0. The van der Waals surface area contributed by atoms with Crippen LogP contribution in [-0.2, 0) is 9.53 Å². The summed E-state index contributed by atoms with van der Waals surface area (Å²) in [5, 5.41) is 0.620. The Hall–Kier alpha value is -1.57. The van der Waals surface area contributed by atoms with Crippen molar-refractivity contribution in [2.75, 3.05) is 50.4 Å². The SMILES string of the molecule is CC(=O)OCCSc1nc(N(C)C)nc(N(C)C)n1. The van der Waals surface area contributed by atoms with Crippen molar-refractivity contribution in [3.05, 3.63) is 0 Å². The minimum absolute atomic E-state index is 0.279. The van der Waals surface area contributed by atoms with E-state index in [0.29, 0.717) is 29.4 Å². The molecule has 8 heteroatoms. The normalized spacial score (nSPS) is 10.2. The van der Waals surface area contributed by atoms with Crippen molar-refractivity contribution in [2.45, 2.75) is 12.1 Å². The summed E-state index contributed by atoms with van der Waals surface area (Å²) in [6, 6.07) is 0. The second-order valence-corrected chi connectivity index (χ2v) is 5.26. The van der Waals surface area contributed by atoms with Gasteiger partial charge in [0, 0.05) is 40.9 Å². The predicted molar refractivity (Wildman–Crippen MR) is 75.8 cm³/mol. The van der Waals surface area contributed by atoms with Crippen molar-refractivity contribution >= 4 is 29.6 Å². The second kappa shape index (κ2) is 7.13. The third kappa shape index (κ3) is 5.29. The summed E-state index contributed by atoms with van der Waals surface area (Å²) in [5.74, 6) is 1.55. The number of thioether (sulfide) groups is 1. The van der Waals surface area contributed by atoms with Crippen molar-refractivity contribution < 1.29 is 9.53 Å². The lowest BCUT2D eigenvalue weighted by atomic mass is 10.7. The smallest absolute Gasteiger partial charge is 0.302 e. The highest BCUT2D eigenvalue weighted by Crippen LogP contribution is 2.18. The molecular formula is C11H19N5O2S. The fourth-order valence-corrected chi connectivity index (χ4v) is 1.76. The van der Waals surface area contributed by atoms with Crippen molar-refractivity contribution in [1.29, 1.82) is 0 Å². The maximum Gasteiger partial charge on any atom is 0.302 e. The Balaban J connectivity index is 2.73. The average molecular weight is 285 g/mol. The van der Waals surface area contributed by atoms with Gasteiger partial charge in [-0.25, -0.2) is 0 Å². The molecule has 0 atom stereocenters. The standard InChI is InChI=1S/C11H19N5O2S/c1-8(17)18-6-7-19-11-13-9(15(2)3)12-10(14-11)16(4)5/h6-7H2,1-5H3. The molecule has 0 spiro atoms. The zero-order chi connectivity index (χ0) is 14.4. The molecule has 0 aliphatic carbocycles. The van der Waals surface area contributed by atoms with Crippen LogP contribution in [0, 0.1) is 0 Å². The summed E-state index contributed by atoms with van der Waals surface area (Å²) in [6.45, 7) is 1.74. The Morgan fingerprint density at radius 1 is 1.11 bits per heavy atom. The topological polar surface area (TPSA) is 71.5 Å². The number of carbonyl (C=O) groups excluding carboxylic acids is 1. The van der Waals surface area contributed by atoms with E-state index in [9.17, 15) is 4.79 Å². The number of rotatable bonds is 6. The van der Waals surface area contributed by atoms with Gasteiger partial charge in [0.2, 0.25) is 11.9 Å². The first-order chi connectivity index (χ1) is 8.90. The molecule has 1 heterocycles. The number of esters is 1. The molecule has 1 rings (SSSR count). The lowest BCUT2D eigenvalue weighted by molar-refractivity contribution is -0.140. The largest absolute Gasteiger partial charge is 0.465 e. The zero-order valence-electron chi connectivity index (χ0n) is 11.9. The summed E-state index contributed by atoms with van der Waals surface area (Å²) >= 11 is 1.43. The van der Waals surface area contributed by atoms with Gasteiger partial charge >= 0.3 is 5.97 Å². The molecule has 0 unspecified atom stereocenters. The lowest BCUT2D eigenvalue weighted by Gasteiger charge is -2.15. The summed E-state index contributed by atoms with van der Waals surface area (Å²) < 4.78 is 4.87. The third-order valence-corrected chi connectivity index (χ3v) is 2.82. The number of carbonyl (C=O) groups is 1. The predicted octanol–water partition coefficient (Wildman–Crippen LogP) is 0.659. The number of aromatic nitrogens is 3. The number of hydrogen-bond acceptors (Lipinski definition) is 8. The monoisotopic (exact) mass is 285 g/mol. The van der Waals surface area contributed by atoms with E-state index >= 15 is 0 Å². The minimum atomic E-state index is -0.279. The highest BCUT2D eigenvalue weighted by atomic mass is 32.2. The van der Waals surface area contributed by atoms with E-state index in [1.807, 2.05) is 38.0 Å².